The Balaban J connectivity index is -0.000000212. The van der Waals surface area contributed by atoms with E-state index in [0.29, 0.717) is 24.2 Å². The van der Waals surface area contributed by atoms with Gasteiger partial charge in [-0.15, -0.1) is 0 Å². The van der Waals surface area contributed by atoms with Gasteiger partial charge in [0, 0.05) is 37.8 Å². The van der Waals surface area contributed by atoms with Crippen molar-refractivity contribution in [1.82, 2.24) is 10.6 Å². The summed E-state index contributed by atoms with van der Waals surface area (Å²) >= 11 is 3.36. The van der Waals surface area contributed by atoms with E-state index in [1.807, 2.05) is 116 Å². The first kappa shape index (κ1) is 65.6. The van der Waals surface area contributed by atoms with E-state index in [0.717, 1.165) is 29.7 Å². The highest BCUT2D eigenvalue weighted by atomic mass is 79.9. The maximum Gasteiger partial charge on any atom is 0.302 e. The summed E-state index contributed by atoms with van der Waals surface area (Å²) in [4.78, 5) is 29.2. The maximum atomic E-state index is 10.0. The standard InChI is InChI=1S/C15H17NO.C8H11NO.C7H7Br.C7H6O2.2C3H6O2.3C2H6.CH5N/c1-16-11-14-8-5-9-15(10-14)17-12-13-6-3-2-4-7-13;1-9-6-7-3-2-4-8(10)5-7;8-6-7-4-2-1-3-5-7;8-5-6-2-1-3-7(9)4-6;2*1-3(4)5-2;4*1-2/h2-10,16H,11-12H2,1H3;2-5,9-10H,6H2,1H3;1-5H,6H2;1-5,9H;2*1-2H3;3*1-2H3;2H2,1H3. The SMILES string of the molecule is BrCc1ccccc1.CC.CC.CC.CN.CNCc1cccc(O)c1.CNCc1cccc(OCc2ccccc2)c1.COC(C)=O.COC(C)=O.O=Cc1cccc(O)c1. The topological polar surface area (TPSA) is 169 Å². The number of benzene rings is 5. The summed E-state index contributed by atoms with van der Waals surface area (Å²) in [7, 11) is 8.02. The molecule has 0 unspecified atom stereocenters. The van der Waals surface area contributed by atoms with Crippen LogP contribution in [0.5, 0.6) is 17.2 Å². The Morgan fingerprint density at radius 1 is 0.581 bits per heavy atom. The number of aldehydes is 1. The highest BCUT2D eigenvalue weighted by molar-refractivity contribution is 9.08. The van der Waals surface area contributed by atoms with Crippen LogP contribution in [0.3, 0.4) is 0 Å². The molecule has 0 spiro atoms. The summed E-state index contributed by atoms with van der Waals surface area (Å²) in [5.74, 6) is 0.879. The molecule has 0 atom stereocenters. The van der Waals surface area contributed by atoms with E-state index >= 15 is 0 Å². The van der Waals surface area contributed by atoms with E-state index in [1.54, 1.807) is 24.3 Å². The average molecular weight is 927 g/mol. The fraction of sp³-hybridized carbons (Fsp3) is 0.340. The number of methoxy groups -OCH3 is 2. The molecule has 346 valence electrons. The van der Waals surface area contributed by atoms with Crippen LogP contribution in [0.15, 0.2) is 133 Å². The fourth-order valence-corrected chi connectivity index (χ4v) is 4.10. The van der Waals surface area contributed by atoms with Gasteiger partial charge >= 0.3 is 11.9 Å². The van der Waals surface area contributed by atoms with Crippen LogP contribution in [0.4, 0.5) is 0 Å². The molecule has 0 aromatic heterocycles. The quantitative estimate of drug-likeness (QED) is 0.0542. The van der Waals surface area contributed by atoms with Crippen molar-refractivity contribution in [3.8, 4) is 17.2 Å². The number of phenols is 2. The molecular weight excluding hydrogens is 850 g/mol. The first-order chi connectivity index (χ1) is 30.0. The van der Waals surface area contributed by atoms with Gasteiger partial charge in [0.1, 0.15) is 30.1 Å². The zero-order chi connectivity index (χ0) is 48.4. The normalized spacial score (nSPS) is 8.31. The number of hydrogen-bond donors (Lipinski definition) is 5. The van der Waals surface area contributed by atoms with Gasteiger partial charge in [-0.1, -0.05) is 155 Å². The van der Waals surface area contributed by atoms with Crippen LogP contribution in [0.25, 0.3) is 0 Å². The fourth-order valence-electron chi connectivity index (χ4n) is 3.73. The zero-order valence-corrected chi connectivity index (χ0v) is 41.0. The van der Waals surface area contributed by atoms with E-state index in [2.05, 4.69) is 78.2 Å². The van der Waals surface area contributed by atoms with Gasteiger partial charge in [-0.05, 0) is 79.8 Å². The second-order valence-corrected chi connectivity index (χ2v) is 11.4. The molecule has 62 heavy (non-hydrogen) atoms. The molecule has 0 heterocycles. The lowest BCUT2D eigenvalue weighted by molar-refractivity contribution is -0.138. The van der Waals surface area contributed by atoms with E-state index in [-0.39, 0.29) is 17.7 Å². The van der Waals surface area contributed by atoms with Crippen molar-refractivity contribution in [2.24, 2.45) is 5.73 Å². The number of carbonyl (C=O) groups is 3. The molecule has 0 saturated carbocycles. The van der Waals surface area contributed by atoms with Crippen molar-refractivity contribution in [2.45, 2.75) is 80.4 Å². The van der Waals surface area contributed by atoms with Crippen LogP contribution in [-0.2, 0) is 44.1 Å². The number of phenolic OH excluding ortho intramolecular Hbond substituents is 2. The highest BCUT2D eigenvalue weighted by Crippen LogP contribution is 2.15. The van der Waals surface area contributed by atoms with Crippen LogP contribution in [0.1, 0.15) is 88.0 Å². The van der Waals surface area contributed by atoms with Gasteiger partial charge in [-0.2, -0.15) is 0 Å². The molecule has 5 rings (SSSR count). The highest BCUT2D eigenvalue weighted by Gasteiger charge is 1.97. The molecule has 0 bridgehead atoms. The molecule has 5 aromatic rings. The number of rotatable bonds is 9. The number of hydrogen-bond acceptors (Lipinski definition) is 11. The monoisotopic (exact) mass is 925 g/mol. The molecule has 0 aliphatic rings. The third-order valence-electron chi connectivity index (χ3n) is 6.40. The summed E-state index contributed by atoms with van der Waals surface area (Å²) < 4.78 is 14.0. The molecule has 6 N–H and O–H groups in total. The van der Waals surface area contributed by atoms with Crippen molar-refractivity contribution in [3.05, 3.63) is 161 Å². The Morgan fingerprint density at radius 3 is 1.29 bits per heavy atom. The van der Waals surface area contributed by atoms with Crippen LogP contribution in [0, 0.1) is 0 Å². The van der Waals surface area contributed by atoms with Crippen molar-refractivity contribution in [3.63, 3.8) is 0 Å². The number of halogens is 1. The van der Waals surface area contributed by atoms with Gasteiger partial charge in [0.2, 0.25) is 0 Å². The molecule has 5 aromatic carbocycles. The minimum absolute atomic E-state index is 0.125. The Bertz CT molecular complexity index is 1700. The van der Waals surface area contributed by atoms with E-state index in [9.17, 15) is 14.4 Å². The number of carbonyl (C=O) groups excluding carboxylic acids is 3. The number of nitrogens with one attached hydrogen (secondary N) is 2. The molecule has 0 fully saturated rings. The lowest BCUT2D eigenvalue weighted by Gasteiger charge is -2.08. The van der Waals surface area contributed by atoms with Crippen LogP contribution in [0.2, 0.25) is 0 Å². The molecular formula is C50H76BrN3O8. The van der Waals surface area contributed by atoms with Gasteiger partial charge in [-0.3, -0.25) is 14.4 Å². The molecule has 0 amide bonds. The van der Waals surface area contributed by atoms with Crippen LogP contribution >= 0.6 is 15.9 Å². The Kier molecular flexibility index (Phi) is 54.6. The molecule has 0 radical (unpaired) electrons. The summed E-state index contributed by atoms with van der Waals surface area (Å²) in [6.45, 7) is 17.0. The average Bonchev–Trinajstić information content (AvgIpc) is 3.33. The van der Waals surface area contributed by atoms with Crippen LogP contribution < -0.4 is 21.1 Å². The molecule has 11 nitrogen and oxygen atoms in total. The van der Waals surface area contributed by atoms with Crippen molar-refractivity contribution >= 4 is 34.2 Å². The second kappa shape index (κ2) is 51.6. The second-order valence-electron chi connectivity index (χ2n) is 10.9. The number of nitrogens with two attached hydrogens (primary N) is 1. The lowest BCUT2D eigenvalue weighted by atomic mass is 10.2. The number of alkyl halides is 1. The minimum atomic E-state index is -0.245. The Morgan fingerprint density at radius 2 is 0.952 bits per heavy atom. The van der Waals surface area contributed by atoms with Crippen molar-refractivity contribution in [1.29, 1.82) is 0 Å². The molecule has 0 aliphatic heterocycles. The third kappa shape index (κ3) is 44.0. The smallest absolute Gasteiger partial charge is 0.302 e. The molecule has 0 aliphatic carbocycles. The van der Waals surface area contributed by atoms with Crippen molar-refractivity contribution < 1.29 is 38.8 Å². The van der Waals surface area contributed by atoms with Gasteiger partial charge < -0.3 is 40.8 Å². The number of aromatic hydroxyl groups is 2. The number of ether oxygens (including phenoxy) is 3. The van der Waals surface area contributed by atoms with Gasteiger partial charge in [-0.25, -0.2) is 0 Å². The largest absolute Gasteiger partial charge is 0.508 e. The first-order valence-corrected chi connectivity index (χ1v) is 21.5. The third-order valence-corrected chi connectivity index (χ3v) is 7.04. The van der Waals surface area contributed by atoms with Crippen molar-refractivity contribution in [2.75, 3.05) is 35.4 Å². The van der Waals surface area contributed by atoms with Crippen LogP contribution in [-0.4, -0.2) is 63.8 Å². The Labute approximate surface area is 382 Å². The lowest BCUT2D eigenvalue weighted by Crippen LogP contribution is -2.05. The first-order valence-electron chi connectivity index (χ1n) is 20.3. The van der Waals surface area contributed by atoms with E-state index in [1.165, 1.54) is 63.9 Å². The van der Waals surface area contributed by atoms with E-state index in [4.69, 9.17) is 14.9 Å². The molecule has 0 saturated heterocycles. The predicted octanol–water partition coefficient (Wildman–Crippen LogP) is 10.9. The summed E-state index contributed by atoms with van der Waals surface area (Å²) in [6.07, 6.45) is 0.694. The Hall–Kier alpha value is -5.53. The van der Waals surface area contributed by atoms with Gasteiger partial charge in [0.05, 0.1) is 14.2 Å². The predicted molar refractivity (Wildman–Crippen MR) is 263 cm³/mol. The minimum Gasteiger partial charge on any atom is -0.508 e. The summed E-state index contributed by atoms with van der Waals surface area (Å²) in [5.41, 5.74) is 9.84. The summed E-state index contributed by atoms with van der Waals surface area (Å²) in [5, 5.41) is 24.9. The zero-order valence-electron chi connectivity index (χ0n) is 39.4. The molecule has 12 heteroatoms. The summed E-state index contributed by atoms with van der Waals surface area (Å²) in [6, 6.07) is 42.0. The van der Waals surface area contributed by atoms with Gasteiger partial charge in [0.15, 0.2) is 0 Å². The maximum absolute atomic E-state index is 10.0. The van der Waals surface area contributed by atoms with Gasteiger partial charge in [0.25, 0.3) is 0 Å². The number of esters is 2. The van der Waals surface area contributed by atoms with E-state index < -0.39 is 0 Å².